The second-order valence-electron chi connectivity index (χ2n) is 5.58. The second-order valence-corrected chi connectivity index (χ2v) is 5.58. The van der Waals surface area contributed by atoms with Gasteiger partial charge in [-0.15, -0.1) is 0 Å². The van der Waals surface area contributed by atoms with Crippen LogP contribution in [0.1, 0.15) is 40.0 Å². The molecule has 0 bridgehead atoms. The quantitative estimate of drug-likeness (QED) is 0.678. The molecule has 0 aromatic heterocycles. The number of para-hydroxylation sites is 1. The first-order chi connectivity index (χ1) is 9.17. The molecule has 0 unspecified atom stereocenters. The standard InChI is InChI=1S/C17H30N2/c1-5-13-18-14-17(6-2,7-3)15-19(4)16-11-9-8-10-12-16/h8-12,18H,5-7,13-15H2,1-4H3. The molecule has 0 saturated carbocycles. The molecule has 0 aliphatic heterocycles. The van der Waals surface area contributed by atoms with Crippen molar-refractivity contribution in [1.29, 1.82) is 0 Å². The molecule has 0 aliphatic carbocycles. The summed E-state index contributed by atoms with van der Waals surface area (Å²) in [6, 6.07) is 10.7. The molecule has 0 heterocycles. The topological polar surface area (TPSA) is 15.3 Å². The Morgan fingerprint density at radius 1 is 1.05 bits per heavy atom. The monoisotopic (exact) mass is 262 g/mol. The van der Waals surface area contributed by atoms with Crippen molar-refractivity contribution in [2.45, 2.75) is 40.0 Å². The highest BCUT2D eigenvalue weighted by Gasteiger charge is 2.27. The second kappa shape index (κ2) is 8.21. The summed E-state index contributed by atoms with van der Waals surface area (Å²) in [5.41, 5.74) is 1.68. The predicted molar refractivity (Wildman–Crippen MR) is 85.9 cm³/mol. The first-order valence-electron chi connectivity index (χ1n) is 7.64. The maximum Gasteiger partial charge on any atom is 0.0363 e. The van der Waals surface area contributed by atoms with Crippen LogP contribution in [0.15, 0.2) is 30.3 Å². The van der Waals surface area contributed by atoms with Crippen LogP contribution in [0.3, 0.4) is 0 Å². The van der Waals surface area contributed by atoms with Crippen molar-refractivity contribution in [2.24, 2.45) is 5.41 Å². The Bertz CT molecular complexity index is 330. The van der Waals surface area contributed by atoms with Crippen molar-refractivity contribution in [3.63, 3.8) is 0 Å². The molecule has 2 heteroatoms. The van der Waals surface area contributed by atoms with Gasteiger partial charge in [0.25, 0.3) is 0 Å². The summed E-state index contributed by atoms with van der Waals surface area (Å²) in [5.74, 6) is 0. The minimum absolute atomic E-state index is 0.375. The summed E-state index contributed by atoms with van der Waals surface area (Å²) in [7, 11) is 2.20. The van der Waals surface area contributed by atoms with E-state index in [-0.39, 0.29) is 0 Å². The zero-order valence-electron chi connectivity index (χ0n) is 13.1. The molecule has 0 fully saturated rings. The first-order valence-corrected chi connectivity index (χ1v) is 7.64. The third-order valence-electron chi connectivity index (χ3n) is 4.20. The molecule has 0 atom stereocenters. The third kappa shape index (κ3) is 4.87. The Kier molecular flexibility index (Phi) is 6.93. The summed E-state index contributed by atoms with van der Waals surface area (Å²) in [6.45, 7) is 10.2. The van der Waals surface area contributed by atoms with E-state index in [0.717, 1.165) is 19.6 Å². The fourth-order valence-corrected chi connectivity index (χ4v) is 2.59. The zero-order chi connectivity index (χ0) is 14.1. The maximum atomic E-state index is 3.61. The lowest BCUT2D eigenvalue weighted by atomic mass is 9.81. The minimum Gasteiger partial charge on any atom is -0.374 e. The molecule has 1 aromatic carbocycles. The first kappa shape index (κ1) is 16.0. The molecule has 1 N–H and O–H groups in total. The van der Waals surface area contributed by atoms with E-state index in [0.29, 0.717) is 5.41 Å². The van der Waals surface area contributed by atoms with Crippen LogP contribution in [-0.2, 0) is 0 Å². The van der Waals surface area contributed by atoms with Crippen LogP contribution in [0.5, 0.6) is 0 Å². The lowest BCUT2D eigenvalue weighted by Crippen LogP contribution is -2.42. The van der Waals surface area contributed by atoms with Crippen molar-refractivity contribution in [2.75, 3.05) is 31.6 Å². The van der Waals surface area contributed by atoms with Crippen LogP contribution >= 0.6 is 0 Å². The summed E-state index contributed by atoms with van der Waals surface area (Å²) < 4.78 is 0. The number of hydrogen-bond acceptors (Lipinski definition) is 2. The van der Waals surface area contributed by atoms with E-state index in [2.05, 4.69) is 68.4 Å². The van der Waals surface area contributed by atoms with Gasteiger partial charge >= 0.3 is 0 Å². The molecule has 0 spiro atoms. The molecule has 1 aromatic rings. The molecule has 108 valence electrons. The summed E-state index contributed by atoms with van der Waals surface area (Å²) in [6.07, 6.45) is 3.65. The van der Waals surface area contributed by atoms with Gasteiger partial charge in [0.1, 0.15) is 0 Å². The SMILES string of the molecule is CCCNCC(CC)(CC)CN(C)c1ccccc1. The molecule has 0 aliphatic rings. The Hall–Kier alpha value is -1.02. The van der Waals surface area contributed by atoms with Gasteiger partial charge in [0.15, 0.2) is 0 Å². The Balaban J connectivity index is 2.66. The smallest absolute Gasteiger partial charge is 0.0363 e. The highest BCUT2D eigenvalue weighted by Crippen LogP contribution is 2.28. The third-order valence-corrected chi connectivity index (χ3v) is 4.20. The Morgan fingerprint density at radius 2 is 1.68 bits per heavy atom. The van der Waals surface area contributed by atoms with E-state index >= 15 is 0 Å². The lowest BCUT2D eigenvalue weighted by molar-refractivity contribution is 0.256. The van der Waals surface area contributed by atoms with Crippen molar-refractivity contribution in [1.82, 2.24) is 5.32 Å². The van der Waals surface area contributed by atoms with Crippen molar-refractivity contribution >= 4 is 5.69 Å². The normalized spacial score (nSPS) is 11.6. The average Bonchev–Trinajstić information content (AvgIpc) is 2.47. The minimum atomic E-state index is 0.375. The molecule has 1 rings (SSSR count). The molecule has 19 heavy (non-hydrogen) atoms. The van der Waals surface area contributed by atoms with E-state index in [1.807, 2.05) is 0 Å². The summed E-state index contributed by atoms with van der Waals surface area (Å²) in [4.78, 5) is 2.39. The van der Waals surface area contributed by atoms with Gasteiger partial charge in [0, 0.05) is 25.8 Å². The fourth-order valence-electron chi connectivity index (χ4n) is 2.59. The van der Waals surface area contributed by atoms with Crippen molar-refractivity contribution < 1.29 is 0 Å². The van der Waals surface area contributed by atoms with Gasteiger partial charge in [0.2, 0.25) is 0 Å². The lowest BCUT2D eigenvalue weighted by Gasteiger charge is -2.37. The fraction of sp³-hybridized carbons (Fsp3) is 0.647. The van der Waals surface area contributed by atoms with E-state index in [1.54, 1.807) is 0 Å². The number of nitrogens with zero attached hydrogens (tertiary/aromatic N) is 1. The predicted octanol–water partition coefficient (Wildman–Crippen LogP) is 3.93. The van der Waals surface area contributed by atoms with E-state index in [9.17, 15) is 0 Å². The van der Waals surface area contributed by atoms with Crippen LogP contribution in [0.4, 0.5) is 5.69 Å². The zero-order valence-corrected chi connectivity index (χ0v) is 13.1. The van der Waals surface area contributed by atoms with Gasteiger partial charge in [-0.3, -0.25) is 0 Å². The van der Waals surface area contributed by atoms with Gasteiger partial charge in [-0.05, 0) is 43.4 Å². The van der Waals surface area contributed by atoms with Gasteiger partial charge in [0.05, 0.1) is 0 Å². The van der Waals surface area contributed by atoms with Crippen LogP contribution in [0.25, 0.3) is 0 Å². The highest BCUT2D eigenvalue weighted by atomic mass is 15.1. The Labute approximate surface area is 119 Å². The molecule has 2 nitrogen and oxygen atoms in total. The van der Waals surface area contributed by atoms with E-state index < -0.39 is 0 Å². The molecule has 0 radical (unpaired) electrons. The van der Waals surface area contributed by atoms with Gasteiger partial charge < -0.3 is 10.2 Å². The number of benzene rings is 1. The number of rotatable bonds is 9. The summed E-state index contributed by atoms with van der Waals surface area (Å²) in [5, 5.41) is 3.61. The highest BCUT2D eigenvalue weighted by molar-refractivity contribution is 5.45. The van der Waals surface area contributed by atoms with Gasteiger partial charge in [-0.25, -0.2) is 0 Å². The van der Waals surface area contributed by atoms with E-state index in [4.69, 9.17) is 0 Å². The number of nitrogens with one attached hydrogen (secondary N) is 1. The number of hydrogen-bond donors (Lipinski definition) is 1. The van der Waals surface area contributed by atoms with E-state index in [1.165, 1.54) is 24.9 Å². The van der Waals surface area contributed by atoms with Gasteiger partial charge in [-0.1, -0.05) is 39.0 Å². The summed E-state index contributed by atoms with van der Waals surface area (Å²) >= 11 is 0. The maximum absolute atomic E-state index is 3.61. The van der Waals surface area contributed by atoms with Crippen LogP contribution in [0.2, 0.25) is 0 Å². The molecule has 0 saturated heterocycles. The molecular formula is C17H30N2. The number of anilines is 1. The largest absolute Gasteiger partial charge is 0.374 e. The van der Waals surface area contributed by atoms with Crippen molar-refractivity contribution in [3.8, 4) is 0 Å². The molecule has 0 amide bonds. The van der Waals surface area contributed by atoms with Gasteiger partial charge in [-0.2, -0.15) is 0 Å². The van der Waals surface area contributed by atoms with Crippen LogP contribution < -0.4 is 10.2 Å². The Morgan fingerprint density at radius 3 is 2.21 bits per heavy atom. The van der Waals surface area contributed by atoms with Crippen LogP contribution in [-0.4, -0.2) is 26.7 Å². The average molecular weight is 262 g/mol. The van der Waals surface area contributed by atoms with Crippen LogP contribution in [0, 0.1) is 5.41 Å². The van der Waals surface area contributed by atoms with Crippen molar-refractivity contribution in [3.05, 3.63) is 30.3 Å². The molecular weight excluding hydrogens is 232 g/mol.